The predicted octanol–water partition coefficient (Wildman–Crippen LogP) is 1.99. The molecule has 0 aliphatic carbocycles. The van der Waals surface area contributed by atoms with Crippen LogP contribution in [0.1, 0.15) is 44.3 Å². The molecule has 0 bridgehead atoms. The number of hydrogen-bond donors (Lipinski definition) is 0. The van der Waals surface area contributed by atoms with Gasteiger partial charge in [0.25, 0.3) is 17.7 Å². The molecule has 1 saturated heterocycles. The first-order chi connectivity index (χ1) is 12.7. The van der Waals surface area contributed by atoms with Gasteiger partial charge in [0.05, 0.1) is 11.1 Å². The molecule has 3 amide bonds. The number of hydrazine groups is 1. The van der Waals surface area contributed by atoms with E-state index in [1.807, 2.05) is 29.3 Å². The van der Waals surface area contributed by atoms with Gasteiger partial charge in [0.15, 0.2) is 0 Å². The lowest BCUT2D eigenvalue weighted by Crippen LogP contribution is -2.47. The maximum atomic E-state index is 13.4. The molecule has 0 N–H and O–H groups in total. The summed E-state index contributed by atoms with van der Waals surface area (Å²) in [7, 11) is 0. The second-order valence-corrected chi connectivity index (χ2v) is 6.83. The van der Waals surface area contributed by atoms with Gasteiger partial charge in [-0.05, 0) is 29.7 Å². The van der Waals surface area contributed by atoms with Gasteiger partial charge in [-0.1, -0.05) is 36.4 Å². The third-order valence-electron chi connectivity index (χ3n) is 5.40. The number of nitrogens with zero attached hydrogens (tertiary/aromatic N) is 3. The van der Waals surface area contributed by atoms with E-state index in [9.17, 15) is 14.4 Å². The minimum absolute atomic E-state index is 0.207. The Bertz CT molecular complexity index is 920. The zero-order chi connectivity index (χ0) is 17.8. The number of benzene rings is 2. The van der Waals surface area contributed by atoms with E-state index < -0.39 is 17.9 Å². The van der Waals surface area contributed by atoms with Crippen molar-refractivity contribution in [2.45, 2.75) is 19.0 Å². The molecule has 5 rings (SSSR count). The third kappa shape index (κ3) is 1.99. The van der Waals surface area contributed by atoms with Crippen LogP contribution in [-0.2, 0) is 11.3 Å². The molecular weight excluding hydrogens is 330 g/mol. The molecule has 1 atom stereocenters. The van der Waals surface area contributed by atoms with Crippen molar-refractivity contribution in [3.63, 3.8) is 0 Å². The lowest BCUT2D eigenvalue weighted by molar-refractivity contribution is -0.148. The molecule has 6 nitrogen and oxygen atoms in total. The second kappa shape index (κ2) is 5.51. The van der Waals surface area contributed by atoms with Crippen LogP contribution >= 0.6 is 0 Å². The van der Waals surface area contributed by atoms with Crippen LogP contribution in [0.4, 0.5) is 0 Å². The molecule has 3 heterocycles. The van der Waals surface area contributed by atoms with Crippen LogP contribution in [0.3, 0.4) is 0 Å². The van der Waals surface area contributed by atoms with Crippen LogP contribution in [-0.4, -0.2) is 45.7 Å². The van der Waals surface area contributed by atoms with Crippen molar-refractivity contribution in [3.05, 3.63) is 70.8 Å². The van der Waals surface area contributed by atoms with Crippen LogP contribution in [0.5, 0.6) is 0 Å². The van der Waals surface area contributed by atoms with Crippen molar-refractivity contribution in [3.8, 4) is 0 Å². The fraction of sp³-hybridized carbons (Fsp3) is 0.250. The van der Waals surface area contributed by atoms with Gasteiger partial charge >= 0.3 is 0 Å². The van der Waals surface area contributed by atoms with Crippen LogP contribution in [0.2, 0.25) is 0 Å². The first-order valence-corrected chi connectivity index (χ1v) is 8.78. The highest BCUT2D eigenvalue weighted by Gasteiger charge is 2.47. The molecule has 130 valence electrons. The molecule has 2 aromatic rings. The Balaban J connectivity index is 1.67. The van der Waals surface area contributed by atoms with E-state index in [1.165, 1.54) is 0 Å². The number of fused-ring (bicyclic) bond motifs is 3. The summed E-state index contributed by atoms with van der Waals surface area (Å²) in [5, 5.41) is 3.72. The summed E-state index contributed by atoms with van der Waals surface area (Å²) < 4.78 is 0. The van der Waals surface area contributed by atoms with Crippen molar-refractivity contribution in [2.24, 2.45) is 0 Å². The van der Waals surface area contributed by atoms with Gasteiger partial charge in [0.2, 0.25) is 0 Å². The maximum Gasteiger partial charge on any atom is 0.264 e. The fourth-order valence-corrected chi connectivity index (χ4v) is 4.19. The van der Waals surface area contributed by atoms with E-state index in [1.54, 1.807) is 29.3 Å². The highest BCUT2D eigenvalue weighted by molar-refractivity contribution is 6.22. The summed E-state index contributed by atoms with van der Waals surface area (Å²) in [4.78, 5) is 40.5. The van der Waals surface area contributed by atoms with Gasteiger partial charge in [-0.3, -0.25) is 24.3 Å². The van der Waals surface area contributed by atoms with Crippen molar-refractivity contribution in [1.82, 2.24) is 14.9 Å². The molecular formula is C20H17N3O3. The molecule has 0 spiro atoms. The number of hydrogen-bond acceptors (Lipinski definition) is 4. The molecule has 0 aromatic heterocycles. The number of carbonyl (C=O) groups is 3. The Labute approximate surface area is 150 Å². The first-order valence-electron chi connectivity index (χ1n) is 8.78. The normalized spacial score (nSPS) is 22.3. The van der Waals surface area contributed by atoms with E-state index in [-0.39, 0.29) is 5.91 Å². The van der Waals surface area contributed by atoms with E-state index in [0.29, 0.717) is 24.2 Å². The summed E-state index contributed by atoms with van der Waals surface area (Å²) in [5.74, 6) is -1.00. The molecule has 26 heavy (non-hydrogen) atoms. The Morgan fingerprint density at radius 2 is 1.46 bits per heavy atom. The average Bonchev–Trinajstić information content (AvgIpc) is 3.19. The smallest absolute Gasteiger partial charge is 0.264 e. The lowest BCUT2D eigenvalue weighted by atomic mass is 9.98. The van der Waals surface area contributed by atoms with Crippen molar-refractivity contribution >= 4 is 17.7 Å². The molecule has 1 fully saturated rings. The van der Waals surface area contributed by atoms with Gasteiger partial charge in [-0.15, -0.1) is 0 Å². The standard InChI is InChI=1S/C20H17N3O3/c24-18-15-8-3-4-9-16(15)19(25)23(18)17-14-7-2-1-6-13(14)12-21-10-5-11-22(21)20(17)26/h1-4,6-9,17H,5,10-12H2. The lowest BCUT2D eigenvalue weighted by Gasteiger charge is -2.30. The minimum atomic E-state index is -0.915. The van der Waals surface area contributed by atoms with E-state index >= 15 is 0 Å². The second-order valence-electron chi connectivity index (χ2n) is 6.83. The summed E-state index contributed by atoms with van der Waals surface area (Å²) in [6.07, 6.45) is 0.892. The topological polar surface area (TPSA) is 60.9 Å². The Morgan fingerprint density at radius 3 is 2.19 bits per heavy atom. The monoisotopic (exact) mass is 347 g/mol. The van der Waals surface area contributed by atoms with Gasteiger partial charge in [-0.25, -0.2) is 5.01 Å². The number of carbonyl (C=O) groups excluding carboxylic acids is 3. The molecule has 0 saturated carbocycles. The van der Waals surface area contributed by atoms with Gasteiger partial charge < -0.3 is 0 Å². The minimum Gasteiger partial charge on any atom is -0.273 e. The number of imide groups is 1. The summed E-state index contributed by atoms with van der Waals surface area (Å²) in [6.45, 7) is 2.03. The molecule has 2 aromatic carbocycles. The van der Waals surface area contributed by atoms with Crippen LogP contribution < -0.4 is 0 Å². The summed E-state index contributed by atoms with van der Waals surface area (Å²) in [6, 6.07) is 13.4. The van der Waals surface area contributed by atoms with E-state index in [0.717, 1.165) is 29.0 Å². The van der Waals surface area contributed by atoms with Crippen molar-refractivity contribution in [2.75, 3.05) is 13.1 Å². The molecule has 1 unspecified atom stereocenters. The fourth-order valence-electron chi connectivity index (χ4n) is 4.19. The van der Waals surface area contributed by atoms with E-state index in [4.69, 9.17) is 0 Å². The Morgan fingerprint density at radius 1 is 0.808 bits per heavy atom. The van der Waals surface area contributed by atoms with Gasteiger partial charge in [0.1, 0.15) is 6.04 Å². The zero-order valence-electron chi connectivity index (χ0n) is 14.1. The number of amides is 3. The molecule has 3 aliphatic heterocycles. The predicted molar refractivity (Wildman–Crippen MR) is 92.9 cm³/mol. The number of rotatable bonds is 1. The molecule has 0 radical (unpaired) electrons. The molecule has 6 heteroatoms. The first kappa shape index (κ1) is 15.3. The Hall–Kier alpha value is -2.99. The Kier molecular flexibility index (Phi) is 3.24. The highest BCUT2D eigenvalue weighted by atomic mass is 16.2. The van der Waals surface area contributed by atoms with Crippen molar-refractivity contribution in [1.29, 1.82) is 0 Å². The van der Waals surface area contributed by atoms with Crippen LogP contribution in [0.25, 0.3) is 0 Å². The SMILES string of the molecule is O=C1c2ccccc2C(=O)N1C1C(=O)N2CCCN2Cc2ccccc21. The van der Waals surface area contributed by atoms with Gasteiger partial charge in [0, 0.05) is 19.6 Å². The highest BCUT2D eigenvalue weighted by Crippen LogP contribution is 2.37. The molecule has 3 aliphatic rings. The maximum absolute atomic E-state index is 13.4. The van der Waals surface area contributed by atoms with Crippen LogP contribution in [0.15, 0.2) is 48.5 Å². The van der Waals surface area contributed by atoms with Crippen molar-refractivity contribution < 1.29 is 14.4 Å². The van der Waals surface area contributed by atoms with E-state index in [2.05, 4.69) is 0 Å². The zero-order valence-corrected chi connectivity index (χ0v) is 14.1. The van der Waals surface area contributed by atoms with Gasteiger partial charge in [-0.2, -0.15) is 0 Å². The summed E-state index contributed by atoms with van der Waals surface area (Å²) >= 11 is 0. The summed E-state index contributed by atoms with van der Waals surface area (Å²) in [5.41, 5.74) is 2.45. The van der Waals surface area contributed by atoms with Crippen LogP contribution in [0, 0.1) is 0 Å². The largest absolute Gasteiger partial charge is 0.273 e. The quantitative estimate of drug-likeness (QED) is 0.740. The third-order valence-corrected chi connectivity index (χ3v) is 5.40. The average molecular weight is 347 g/mol.